The zero-order valence-electron chi connectivity index (χ0n) is 50.5. The Morgan fingerprint density at radius 1 is 0.892 bits per heavy atom. The van der Waals surface area contributed by atoms with Crippen LogP contribution in [0.1, 0.15) is 99.1 Å². The summed E-state index contributed by atoms with van der Waals surface area (Å²) in [6, 6.07) is 19.6. The molecule has 3 heterocycles. The third-order valence-corrected chi connectivity index (χ3v) is 16.9. The number of aliphatic hydroxyl groups is 3. The number of carbonyl (C=O) groups excluding carboxylic acids is 5. The molecule has 3 fully saturated rings. The lowest BCUT2D eigenvalue weighted by Crippen LogP contribution is -2.61. The van der Waals surface area contributed by atoms with E-state index in [0.29, 0.717) is 34.0 Å². The summed E-state index contributed by atoms with van der Waals surface area (Å²) in [5.74, 6) is -4.59. The first-order valence-corrected chi connectivity index (χ1v) is 29.3. The Morgan fingerprint density at radius 2 is 1.55 bits per heavy atom. The Labute approximate surface area is 494 Å². The average molecular weight is 1180 g/mol. The normalized spacial score (nSPS) is 33.0. The van der Waals surface area contributed by atoms with Gasteiger partial charge in [-0.15, -0.1) is 0 Å². The zero-order valence-corrected chi connectivity index (χ0v) is 51.3. The summed E-state index contributed by atoms with van der Waals surface area (Å²) in [4.78, 5) is 74.6. The minimum Gasteiger partial charge on any atom is -0.484 e. The van der Waals surface area contributed by atoms with Crippen molar-refractivity contribution in [3.8, 4) is 5.75 Å². The summed E-state index contributed by atoms with van der Waals surface area (Å²) >= 11 is 6.50. The molecule has 20 nitrogen and oxygen atoms in total. The Kier molecular flexibility index (Phi) is 23.9. The van der Waals surface area contributed by atoms with E-state index >= 15 is 0 Å². The molecule has 3 saturated heterocycles. The highest BCUT2D eigenvalue weighted by Crippen LogP contribution is 2.39. The van der Waals surface area contributed by atoms with Crippen molar-refractivity contribution >= 4 is 46.8 Å². The van der Waals surface area contributed by atoms with Crippen molar-refractivity contribution in [2.75, 3.05) is 46.7 Å². The van der Waals surface area contributed by atoms with Gasteiger partial charge in [0.1, 0.15) is 30.0 Å². The molecule has 21 heteroatoms. The van der Waals surface area contributed by atoms with E-state index < -0.39 is 114 Å². The Balaban J connectivity index is 1.28. The fourth-order valence-corrected chi connectivity index (χ4v) is 12.0. The first-order chi connectivity index (χ1) is 39.1. The van der Waals surface area contributed by atoms with Gasteiger partial charge < -0.3 is 74.8 Å². The van der Waals surface area contributed by atoms with E-state index in [9.17, 15) is 39.3 Å². The maximum Gasteiger partial charge on any atom is 0.258 e. The van der Waals surface area contributed by atoms with Crippen LogP contribution in [0, 0.1) is 23.7 Å². The molecule has 0 aromatic heterocycles. The van der Waals surface area contributed by atoms with Crippen LogP contribution in [0.2, 0.25) is 5.02 Å². The number of nitrogens with one attached hydrogen (secondary N) is 4. The second kappa shape index (κ2) is 29.7. The summed E-state index contributed by atoms with van der Waals surface area (Å²) in [6.07, 6.45) is -6.88. The first kappa shape index (κ1) is 66.9. The first-order valence-electron chi connectivity index (χ1n) is 29.0. The topological polar surface area (TPSA) is 256 Å². The number of likely N-dealkylation sites (N-methyl/N-ethyl adjacent to an activating group) is 1. The van der Waals surface area contributed by atoms with E-state index in [0.717, 1.165) is 0 Å². The highest BCUT2D eigenvalue weighted by molar-refractivity contribution is 6.31. The highest BCUT2D eigenvalue weighted by atomic mass is 35.5. The van der Waals surface area contributed by atoms with E-state index in [1.54, 1.807) is 133 Å². The molecule has 7 N–H and O–H groups in total. The van der Waals surface area contributed by atoms with Crippen LogP contribution in [0.3, 0.4) is 0 Å². The Hall–Kier alpha value is -5.26. The lowest BCUT2D eigenvalue weighted by Gasteiger charge is -2.49. The number of rotatable bonds is 17. The van der Waals surface area contributed by atoms with Crippen LogP contribution < -0.4 is 26.0 Å². The number of aliphatic hydroxyl groups excluding tert-OH is 2. The van der Waals surface area contributed by atoms with Crippen molar-refractivity contribution in [2.24, 2.45) is 23.7 Å². The quantitative estimate of drug-likeness (QED) is 0.0910. The molecular formula is C62H91ClN6O14. The number of halogens is 1. The summed E-state index contributed by atoms with van der Waals surface area (Å²) in [5.41, 5.74) is -1.02. The third-order valence-electron chi connectivity index (χ3n) is 16.5. The Bertz CT molecular complexity index is 2620. The SMILES string of the molecule is CO[C@]1(C)C[C@H](O[C@H]2[C@H](C)[C@@H](O[C@@H]3O[C@H](C)C[C@H](N(C)C)[C@H]3O)[C@](C)(O)C[C@@H](C)CN(C)C(=O)C[C@@H](Cc3ccc(NC(=O)[C@H](Cc4ccccc4Cl)NC(=O)COc4ccccc4)cc3)NC(=O)[C@H](C(C)C)NC(=O)[C@@H]2C)O[C@@H](C)[C@@H]1O. The zero-order chi connectivity index (χ0) is 61.1. The number of hydrogen-bond acceptors (Lipinski definition) is 15. The van der Waals surface area contributed by atoms with E-state index in [-0.39, 0.29) is 69.2 Å². The minimum absolute atomic E-state index is 0.0742. The number of amides is 5. The highest BCUT2D eigenvalue weighted by Gasteiger charge is 2.51. The number of hydrogen-bond donors (Lipinski definition) is 7. The number of benzene rings is 3. The molecule has 5 amide bonds. The van der Waals surface area contributed by atoms with Gasteiger partial charge in [-0.1, -0.05) is 94.8 Å². The van der Waals surface area contributed by atoms with Crippen LogP contribution in [0.5, 0.6) is 5.75 Å². The Morgan fingerprint density at radius 3 is 2.19 bits per heavy atom. The van der Waals surface area contributed by atoms with Crippen LogP contribution in [0.15, 0.2) is 78.9 Å². The molecule has 0 spiro atoms. The number of ether oxygens (including phenoxy) is 6. The van der Waals surface area contributed by atoms with Gasteiger partial charge in [-0.25, -0.2) is 0 Å². The molecule has 0 bridgehead atoms. The monoisotopic (exact) mass is 1180 g/mol. The van der Waals surface area contributed by atoms with Crippen molar-refractivity contribution in [1.29, 1.82) is 0 Å². The second-order valence-electron chi connectivity index (χ2n) is 24.3. The smallest absolute Gasteiger partial charge is 0.258 e. The molecule has 0 unspecified atom stereocenters. The standard InChI is InChI=1S/C62H91ClN6O14/c1-35(2)52-59(76)65-44(28-41-23-25-43(26-24-41)64-58(75)47(29-42-19-17-18-22-46(42)63)66-49(70)34-79-45-20-15-14-16-21-45)30-50(71)69(12)33-36(3)31-61(8,77)56(83-60-53(72)48(68(10)11)27-37(4)80-60)38(5)54(39(6)57(74)67-52)82-51-32-62(9,78-13)55(73)40(7)81-51/h14-26,35-40,44,47-48,51-56,60,72-73,77H,27-34H2,1-13H3,(H,64,75)(H,65,76)(H,66,70)(H,67,74)/t36-,37-,38+,39-,40+,44-,47+,48+,51+,52+,53-,54+,55+,56-,60+,61-,62-/m1/s1. The van der Waals surface area contributed by atoms with Crippen LogP contribution in [0.25, 0.3) is 0 Å². The molecule has 3 aliphatic rings. The van der Waals surface area contributed by atoms with Gasteiger partial charge in [-0.2, -0.15) is 0 Å². The molecule has 3 aromatic rings. The lowest BCUT2D eigenvalue weighted by atomic mass is 9.77. The fraction of sp³-hybridized carbons (Fsp3) is 0.629. The summed E-state index contributed by atoms with van der Waals surface area (Å²) < 4.78 is 37.7. The van der Waals surface area contributed by atoms with Gasteiger partial charge in [-0.3, -0.25) is 24.0 Å². The summed E-state index contributed by atoms with van der Waals surface area (Å²) in [7, 11) is 6.88. The van der Waals surface area contributed by atoms with Crippen LogP contribution in [-0.2, 0) is 60.5 Å². The van der Waals surface area contributed by atoms with Gasteiger partial charge >= 0.3 is 0 Å². The average Bonchev–Trinajstić information content (AvgIpc) is 3.50. The number of nitrogens with zero attached hydrogens (tertiary/aromatic N) is 2. The molecule has 460 valence electrons. The molecule has 0 radical (unpaired) electrons. The number of para-hydroxylation sites is 1. The molecule has 3 aromatic carbocycles. The van der Waals surface area contributed by atoms with Crippen molar-refractivity contribution in [3.05, 3.63) is 95.0 Å². The fourth-order valence-electron chi connectivity index (χ4n) is 11.8. The van der Waals surface area contributed by atoms with Crippen LogP contribution >= 0.6 is 11.6 Å². The summed E-state index contributed by atoms with van der Waals surface area (Å²) in [6.45, 7) is 15.8. The summed E-state index contributed by atoms with van der Waals surface area (Å²) in [5, 5.41) is 48.1. The molecule has 6 rings (SSSR count). The van der Waals surface area contributed by atoms with E-state index in [1.165, 1.54) is 7.11 Å². The predicted octanol–water partition coefficient (Wildman–Crippen LogP) is 5.26. The van der Waals surface area contributed by atoms with E-state index in [1.807, 2.05) is 38.9 Å². The van der Waals surface area contributed by atoms with Gasteiger partial charge in [0.2, 0.25) is 23.6 Å². The maximum absolute atomic E-state index is 14.9. The van der Waals surface area contributed by atoms with Crippen molar-refractivity contribution < 1.29 is 67.7 Å². The van der Waals surface area contributed by atoms with Gasteiger partial charge in [-0.05, 0) is 114 Å². The molecule has 0 saturated carbocycles. The van der Waals surface area contributed by atoms with E-state index in [2.05, 4.69) is 21.3 Å². The van der Waals surface area contributed by atoms with Crippen molar-refractivity contribution in [2.45, 2.75) is 185 Å². The van der Waals surface area contributed by atoms with E-state index in [4.69, 9.17) is 40.0 Å². The van der Waals surface area contributed by atoms with Gasteiger partial charge in [0.05, 0.1) is 41.5 Å². The van der Waals surface area contributed by atoms with Crippen LogP contribution in [-0.4, -0.2) is 181 Å². The largest absolute Gasteiger partial charge is 0.484 e. The molecule has 0 aliphatic carbocycles. The number of anilines is 1. The molecule has 83 heavy (non-hydrogen) atoms. The van der Waals surface area contributed by atoms with Gasteiger partial charge in [0, 0.05) is 68.7 Å². The van der Waals surface area contributed by atoms with Crippen molar-refractivity contribution in [3.63, 3.8) is 0 Å². The number of methoxy groups -OCH3 is 1. The maximum atomic E-state index is 14.9. The lowest BCUT2D eigenvalue weighted by molar-refractivity contribution is -0.317. The molecule has 17 atom stereocenters. The molecular weight excluding hydrogens is 1090 g/mol. The van der Waals surface area contributed by atoms with Crippen molar-refractivity contribution in [1.82, 2.24) is 25.8 Å². The van der Waals surface area contributed by atoms with Gasteiger partial charge in [0.25, 0.3) is 5.91 Å². The minimum atomic E-state index is -1.71. The molecule has 3 aliphatic heterocycles. The second-order valence-corrected chi connectivity index (χ2v) is 24.7. The van der Waals surface area contributed by atoms with Gasteiger partial charge in [0.15, 0.2) is 19.2 Å². The number of carbonyl (C=O) groups is 5. The van der Waals surface area contributed by atoms with Crippen LogP contribution in [0.4, 0.5) is 5.69 Å². The predicted molar refractivity (Wildman–Crippen MR) is 314 cm³/mol. The third kappa shape index (κ3) is 18.1.